The van der Waals surface area contributed by atoms with Crippen LogP contribution in [0.3, 0.4) is 0 Å². The quantitative estimate of drug-likeness (QED) is 0.919. The fourth-order valence-electron chi connectivity index (χ4n) is 3.93. The molecular weight excluding hydrogens is 281 g/mol. The number of rotatable bonds is 4. The van der Waals surface area contributed by atoms with Crippen LogP contribution in [0.1, 0.15) is 19.4 Å². The van der Waals surface area contributed by atoms with Gasteiger partial charge in [0.2, 0.25) is 0 Å². The molecule has 1 aromatic carbocycles. The van der Waals surface area contributed by atoms with E-state index in [0.717, 1.165) is 19.8 Å². The molecule has 0 amide bonds. The molecule has 2 fully saturated rings. The molecule has 0 bridgehead atoms. The number of ether oxygens (including phenoxy) is 1. The Bertz CT molecular complexity index is 493. The van der Waals surface area contributed by atoms with E-state index in [2.05, 4.69) is 18.3 Å². The predicted molar refractivity (Wildman–Crippen MR) is 79.1 cm³/mol. The Morgan fingerprint density at radius 1 is 1.37 bits per heavy atom. The van der Waals surface area contributed by atoms with Gasteiger partial charge in [-0.25, -0.2) is 0 Å². The molecule has 1 N–H and O–H groups in total. The molecule has 19 heavy (non-hydrogen) atoms. The zero-order valence-corrected chi connectivity index (χ0v) is 12.8. The number of piperidine rings is 1. The van der Waals surface area contributed by atoms with Crippen molar-refractivity contribution >= 4 is 23.2 Å². The molecular formula is C15H19Cl2NO. The molecule has 4 atom stereocenters. The molecule has 1 aromatic rings. The second kappa shape index (κ2) is 4.92. The largest absolute Gasteiger partial charge is 0.381 e. The Hall–Kier alpha value is -0.280. The van der Waals surface area contributed by atoms with Gasteiger partial charge in [-0.15, -0.1) is 0 Å². The van der Waals surface area contributed by atoms with Crippen molar-refractivity contribution in [1.82, 2.24) is 5.32 Å². The zero-order chi connectivity index (χ0) is 13.6. The van der Waals surface area contributed by atoms with E-state index in [4.69, 9.17) is 27.9 Å². The average molecular weight is 300 g/mol. The SMILES string of the molecule is CCOC[C@@H]1[C@H]2CN[C@@H](C)[C@]21c1ccc(Cl)c(Cl)c1. The van der Waals surface area contributed by atoms with Crippen LogP contribution < -0.4 is 5.32 Å². The van der Waals surface area contributed by atoms with Crippen LogP contribution in [0.5, 0.6) is 0 Å². The van der Waals surface area contributed by atoms with Gasteiger partial charge >= 0.3 is 0 Å². The number of fused-ring (bicyclic) bond motifs is 1. The normalized spacial score (nSPS) is 36.3. The first-order valence-corrected chi connectivity index (χ1v) is 7.64. The minimum Gasteiger partial charge on any atom is -0.381 e. The fourth-order valence-corrected chi connectivity index (χ4v) is 4.23. The lowest BCUT2D eigenvalue weighted by atomic mass is 9.87. The molecule has 0 aromatic heterocycles. The maximum absolute atomic E-state index is 6.19. The Balaban J connectivity index is 1.93. The van der Waals surface area contributed by atoms with E-state index in [1.54, 1.807) is 0 Å². The van der Waals surface area contributed by atoms with Gasteiger partial charge in [0.1, 0.15) is 0 Å². The zero-order valence-electron chi connectivity index (χ0n) is 11.2. The third-order valence-corrected chi connectivity index (χ3v) is 5.62. The monoisotopic (exact) mass is 299 g/mol. The summed E-state index contributed by atoms with van der Waals surface area (Å²) in [5.41, 5.74) is 1.48. The summed E-state index contributed by atoms with van der Waals surface area (Å²) < 4.78 is 5.66. The van der Waals surface area contributed by atoms with Gasteiger partial charge < -0.3 is 10.1 Å². The van der Waals surface area contributed by atoms with Crippen LogP contribution in [-0.2, 0) is 10.2 Å². The Morgan fingerprint density at radius 2 is 2.16 bits per heavy atom. The third kappa shape index (κ3) is 1.92. The van der Waals surface area contributed by atoms with Gasteiger partial charge in [0.15, 0.2) is 0 Å². The van der Waals surface area contributed by atoms with Gasteiger partial charge in [0.25, 0.3) is 0 Å². The molecule has 1 heterocycles. The molecule has 1 saturated carbocycles. The van der Waals surface area contributed by atoms with Crippen LogP contribution in [0.2, 0.25) is 10.0 Å². The van der Waals surface area contributed by atoms with E-state index in [1.165, 1.54) is 5.56 Å². The van der Waals surface area contributed by atoms with Crippen molar-refractivity contribution < 1.29 is 4.74 Å². The standard InChI is InChI=1S/C15H19Cl2NO/c1-3-19-8-12-11-7-18-9(2)15(11,12)10-4-5-13(16)14(17)6-10/h4-6,9,11-12,18H,3,7-8H2,1-2H3/t9-,11+,12+,15-/m0/s1. The number of benzene rings is 1. The van der Waals surface area contributed by atoms with Crippen LogP contribution in [0.4, 0.5) is 0 Å². The summed E-state index contributed by atoms with van der Waals surface area (Å²) in [6, 6.07) is 6.52. The van der Waals surface area contributed by atoms with E-state index >= 15 is 0 Å². The molecule has 2 nitrogen and oxygen atoms in total. The van der Waals surface area contributed by atoms with Crippen molar-refractivity contribution in [2.45, 2.75) is 25.3 Å². The second-order valence-electron chi connectivity index (χ2n) is 5.56. The van der Waals surface area contributed by atoms with Crippen molar-refractivity contribution in [3.05, 3.63) is 33.8 Å². The first-order chi connectivity index (χ1) is 9.12. The summed E-state index contributed by atoms with van der Waals surface area (Å²) in [5.74, 6) is 1.26. The maximum Gasteiger partial charge on any atom is 0.0595 e. The predicted octanol–water partition coefficient (Wildman–Crippen LogP) is 3.51. The number of hydrogen-bond donors (Lipinski definition) is 1. The second-order valence-corrected chi connectivity index (χ2v) is 6.38. The fraction of sp³-hybridized carbons (Fsp3) is 0.600. The van der Waals surface area contributed by atoms with E-state index in [-0.39, 0.29) is 5.41 Å². The van der Waals surface area contributed by atoms with Crippen molar-refractivity contribution in [2.24, 2.45) is 11.8 Å². The van der Waals surface area contributed by atoms with Crippen molar-refractivity contribution in [1.29, 1.82) is 0 Å². The van der Waals surface area contributed by atoms with Crippen molar-refractivity contribution in [2.75, 3.05) is 19.8 Å². The summed E-state index contributed by atoms with van der Waals surface area (Å²) in [6.07, 6.45) is 0. The molecule has 3 rings (SSSR count). The average Bonchev–Trinajstić information content (AvgIpc) is 2.92. The van der Waals surface area contributed by atoms with Gasteiger partial charge in [0, 0.05) is 18.1 Å². The minimum atomic E-state index is 0.184. The number of halogens is 2. The van der Waals surface area contributed by atoms with Gasteiger partial charge in [-0.1, -0.05) is 29.3 Å². The highest BCUT2D eigenvalue weighted by Gasteiger charge is 2.70. The minimum absolute atomic E-state index is 0.184. The summed E-state index contributed by atoms with van der Waals surface area (Å²) in [4.78, 5) is 0. The molecule has 1 saturated heterocycles. The lowest BCUT2D eigenvalue weighted by molar-refractivity contribution is 0.124. The summed E-state index contributed by atoms with van der Waals surface area (Å²) in [5, 5.41) is 4.84. The molecule has 0 unspecified atom stereocenters. The summed E-state index contributed by atoms with van der Waals surface area (Å²) in [6.45, 7) is 7.00. The Morgan fingerprint density at radius 3 is 2.84 bits per heavy atom. The summed E-state index contributed by atoms with van der Waals surface area (Å²) >= 11 is 12.2. The molecule has 104 valence electrons. The Kier molecular flexibility index (Phi) is 3.55. The van der Waals surface area contributed by atoms with E-state index < -0.39 is 0 Å². The van der Waals surface area contributed by atoms with Gasteiger partial charge in [-0.3, -0.25) is 0 Å². The smallest absolute Gasteiger partial charge is 0.0595 e. The first-order valence-electron chi connectivity index (χ1n) is 6.89. The van der Waals surface area contributed by atoms with Gasteiger partial charge in [-0.05, 0) is 49.9 Å². The highest BCUT2D eigenvalue weighted by molar-refractivity contribution is 6.42. The van der Waals surface area contributed by atoms with Crippen LogP contribution in [0, 0.1) is 11.8 Å². The molecule has 0 spiro atoms. The number of hydrogen-bond acceptors (Lipinski definition) is 2. The molecule has 1 aliphatic heterocycles. The van der Waals surface area contributed by atoms with Crippen molar-refractivity contribution in [3.63, 3.8) is 0 Å². The van der Waals surface area contributed by atoms with E-state index in [0.29, 0.717) is 27.9 Å². The summed E-state index contributed by atoms with van der Waals surface area (Å²) in [7, 11) is 0. The first kappa shape index (κ1) is 13.7. The van der Waals surface area contributed by atoms with Gasteiger partial charge in [0.05, 0.1) is 16.7 Å². The third-order valence-electron chi connectivity index (χ3n) is 4.89. The Labute approximate surface area is 124 Å². The van der Waals surface area contributed by atoms with Gasteiger partial charge in [-0.2, -0.15) is 0 Å². The van der Waals surface area contributed by atoms with Crippen LogP contribution in [-0.4, -0.2) is 25.8 Å². The van der Waals surface area contributed by atoms with Crippen LogP contribution in [0.25, 0.3) is 0 Å². The number of nitrogens with one attached hydrogen (secondary N) is 1. The molecule has 1 aliphatic carbocycles. The molecule has 4 heteroatoms. The highest BCUT2D eigenvalue weighted by atomic mass is 35.5. The van der Waals surface area contributed by atoms with Crippen LogP contribution >= 0.6 is 23.2 Å². The van der Waals surface area contributed by atoms with E-state index in [9.17, 15) is 0 Å². The lowest BCUT2D eigenvalue weighted by Crippen LogP contribution is -2.35. The van der Waals surface area contributed by atoms with Crippen molar-refractivity contribution in [3.8, 4) is 0 Å². The topological polar surface area (TPSA) is 21.3 Å². The van der Waals surface area contributed by atoms with Crippen LogP contribution in [0.15, 0.2) is 18.2 Å². The molecule has 2 aliphatic rings. The lowest BCUT2D eigenvalue weighted by Gasteiger charge is -2.23. The molecule has 0 radical (unpaired) electrons. The highest BCUT2D eigenvalue weighted by Crippen LogP contribution is 2.65. The maximum atomic E-state index is 6.19. The van der Waals surface area contributed by atoms with E-state index in [1.807, 2.05) is 19.1 Å².